The van der Waals surface area contributed by atoms with Crippen LogP contribution >= 0.6 is 0 Å². The summed E-state index contributed by atoms with van der Waals surface area (Å²) in [5.74, 6) is 0. The quantitative estimate of drug-likeness (QED) is 0.822. The topological polar surface area (TPSA) is 67.6 Å². The highest BCUT2D eigenvalue weighted by molar-refractivity contribution is 5.87. The maximum Gasteiger partial charge on any atom is 0.316 e. The van der Waals surface area contributed by atoms with Gasteiger partial charge in [0.1, 0.15) is 0 Å². The second-order valence-electron chi connectivity index (χ2n) is 4.18. The van der Waals surface area contributed by atoms with E-state index in [4.69, 9.17) is 10.5 Å². The summed E-state index contributed by atoms with van der Waals surface area (Å²) in [6, 6.07) is 5.36. The van der Waals surface area contributed by atoms with Crippen LogP contribution in [0.4, 0.5) is 10.5 Å². The van der Waals surface area contributed by atoms with Crippen LogP contribution in [-0.4, -0.2) is 31.2 Å². The highest BCUT2D eigenvalue weighted by atomic mass is 16.5. The van der Waals surface area contributed by atoms with E-state index in [1.807, 2.05) is 18.2 Å². The van der Waals surface area contributed by atoms with Gasteiger partial charge in [0, 0.05) is 32.4 Å². The van der Waals surface area contributed by atoms with Crippen LogP contribution in [0.1, 0.15) is 11.1 Å². The summed E-state index contributed by atoms with van der Waals surface area (Å²) in [6.45, 7) is 3.49. The number of carbonyl (C=O) groups is 1. The molecule has 0 aliphatic carbocycles. The molecule has 92 valence electrons. The van der Waals surface area contributed by atoms with Crippen molar-refractivity contribution in [2.24, 2.45) is 5.73 Å². The fraction of sp³-hybridized carbons (Fsp3) is 0.417. The van der Waals surface area contributed by atoms with Crippen LogP contribution in [0, 0.1) is 0 Å². The first-order valence-electron chi connectivity index (χ1n) is 5.58. The number of fused-ring (bicyclic) bond motifs is 1. The van der Waals surface area contributed by atoms with Crippen LogP contribution in [0.15, 0.2) is 18.2 Å². The van der Waals surface area contributed by atoms with Gasteiger partial charge < -0.3 is 15.8 Å². The third-order valence-electron chi connectivity index (χ3n) is 2.87. The van der Waals surface area contributed by atoms with Crippen molar-refractivity contribution in [2.45, 2.75) is 13.1 Å². The number of carbonyl (C=O) groups excluding carboxylic acids is 1. The molecule has 0 radical (unpaired) electrons. The monoisotopic (exact) mass is 235 g/mol. The SMILES string of the molecule is COCCN1Cc2ccc(NC(N)=O)cc2C1. The van der Waals surface area contributed by atoms with Crippen molar-refractivity contribution in [2.75, 3.05) is 25.6 Å². The van der Waals surface area contributed by atoms with E-state index in [1.165, 1.54) is 11.1 Å². The third kappa shape index (κ3) is 2.95. The minimum Gasteiger partial charge on any atom is -0.383 e. The van der Waals surface area contributed by atoms with Gasteiger partial charge in [-0.2, -0.15) is 0 Å². The molecule has 0 bridgehead atoms. The molecule has 0 aromatic heterocycles. The predicted molar refractivity (Wildman–Crippen MR) is 65.6 cm³/mol. The number of primary amides is 1. The molecule has 5 heteroatoms. The van der Waals surface area contributed by atoms with Crippen LogP contribution in [0.5, 0.6) is 0 Å². The van der Waals surface area contributed by atoms with Gasteiger partial charge in [-0.3, -0.25) is 4.90 Å². The van der Waals surface area contributed by atoms with Crippen molar-refractivity contribution in [1.82, 2.24) is 4.90 Å². The summed E-state index contributed by atoms with van der Waals surface area (Å²) in [6.07, 6.45) is 0. The van der Waals surface area contributed by atoms with Gasteiger partial charge in [-0.25, -0.2) is 4.79 Å². The zero-order valence-corrected chi connectivity index (χ0v) is 9.90. The Kier molecular flexibility index (Phi) is 3.61. The zero-order valence-electron chi connectivity index (χ0n) is 9.90. The lowest BCUT2D eigenvalue weighted by atomic mass is 10.1. The molecule has 3 N–H and O–H groups in total. The number of benzene rings is 1. The molecule has 1 aliphatic rings. The molecule has 0 fully saturated rings. The molecule has 0 saturated heterocycles. The highest BCUT2D eigenvalue weighted by Gasteiger charge is 2.18. The average molecular weight is 235 g/mol. The molecule has 2 amide bonds. The number of urea groups is 1. The van der Waals surface area contributed by atoms with Gasteiger partial charge in [0.05, 0.1) is 6.61 Å². The smallest absolute Gasteiger partial charge is 0.316 e. The summed E-state index contributed by atoms with van der Waals surface area (Å²) in [4.78, 5) is 13.1. The molecule has 5 nitrogen and oxygen atoms in total. The van der Waals surface area contributed by atoms with Crippen molar-refractivity contribution in [3.63, 3.8) is 0 Å². The van der Waals surface area contributed by atoms with E-state index in [2.05, 4.69) is 10.2 Å². The van der Waals surface area contributed by atoms with Crippen LogP contribution in [-0.2, 0) is 17.8 Å². The molecule has 0 atom stereocenters. The third-order valence-corrected chi connectivity index (χ3v) is 2.87. The predicted octanol–water partition coefficient (Wildman–Crippen LogP) is 1.14. The standard InChI is InChI=1S/C12H17N3O2/c1-17-5-4-15-7-9-2-3-11(14-12(13)16)6-10(9)8-15/h2-3,6H,4-5,7-8H2,1H3,(H3,13,14,16). The number of hydrogen-bond acceptors (Lipinski definition) is 3. The van der Waals surface area contributed by atoms with Crippen molar-refractivity contribution in [3.8, 4) is 0 Å². The molecule has 1 aromatic carbocycles. The van der Waals surface area contributed by atoms with Crippen molar-refractivity contribution >= 4 is 11.7 Å². The largest absolute Gasteiger partial charge is 0.383 e. The van der Waals surface area contributed by atoms with Gasteiger partial charge in [0.2, 0.25) is 0 Å². The lowest BCUT2D eigenvalue weighted by molar-refractivity contribution is 0.147. The number of nitrogens with two attached hydrogens (primary N) is 1. The minimum atomic E-state index is -0.529. The van der Waals surface area contributed by atoms with Crippen LogP contribution in [0.25, 0.3) is 0 Å². The number of hydrogen-bond donors (Lipinski definition) is 2. The summed E-state index contributed by atoms with van der Waals surface area (Å²) < 4.78 is 5.06. The molecule has 1 aliphatic heterocycles. The lowest BCUT2D eigenvalue weighted by Gasteiger charge is -2.13. The first-order valence-corrected chi connectivity index (χ1v) is 5.58. The van der Waals surface area contributed by atoms with Crippen LogP contribution in [0.2, 0.25) is 0 Å². The molecule has 1 heterocycles. The molecular formula is C12H17N3O2. The molecule has 0 saturated carbocycles. The van der Waals surface area contributed by atoms with E-state index >= 15 is 0 Å². The summed E-state index contributed by atoms with van der Waals surface area (Å²) in [5.41, 5.74) is 8.39. The minimum absolute atomic E-state index is 0.529. The van der Waals surface area contributed by atoms with Crippen molar-refractivity contribution in [1.29, 1.82) is 0 Å². The summed E-state index contributed by atoms with van der Waals surface area (Å²) >= 11 is 0. The zero-order chi connectivity index (χ0) is 12.3. The van der Waals surface area contributed by atoms with E-state index in [0.717, 1.165) is 31.9 Å². The Hall–Kier alpha value is -1.59. The Morgan fingerprint density at radius 3 is 2.94 bits per heavy atom. The van der Waals surface area contributed by atoms with Gasteiger partial charge in [-0.1, -0.05) is 6.07 Å². The summed E-state index contributed by atoms with van der Waals surface area (Å²) in [5, 5.41) is 2.59. The van der Waals surface area contributed by atoms with Crippen LogP contribution < -0.4 is 11.1 Å². The molecule has 0 spiro atoms. The van der Waals surface area contributed by atoms with Gasteiger partial charge in [0.25, 0.3) is 0 Å². The maximum atomic E-state index is 10.8. The molecule has 17 heavy (non-hydrogen) atoms. The van der Waals surface area contributed by atoms with E-state index < -0.39 is 6.03 Å². The number of amides is 2. The lowest BCUT2D eigenvalue weighted by Crippen LogP contribution is -2.21. The Morgan fingerprint density at radius 1 is 1.47 bits per heavy atom. The van der Waals surface area contributed by atoms with Gasteiger partial charge in [-0.15, -0.1) is 0 Å². The Bertz CT molecular complexity index is 420. The Labute approximate surface area is 101 Å². The Morgan fingerprint density at radius 2 is 2.24 bits per heavy atom. The second kappa shape index (κ2) is 5.16. The van der Waals surface area contributed by atoms with Gasteiger partial charge in [-0.05, 0) is 23.3 Å². The average Bonchev–Trinajstić information content (AvgIpc) is 2.67. The fourth-order valence-corrected chi connectivity index (χ4v) is 2.06. The van der Waals surface area contributed by atoms with E-state index in [0.29, 0.717) is 0 Å². The number of nitrogens with zero attached hydrogens (tertiary/aromatic N) is 1. The number of rotatable bonds is 4. The highest BCUT2D eigenvalue weighted by Crippen LogP contribution is 2.25. The van der Waals surface area contributed by atoms with E-state index in [9.17, 15) is 4.79 Å². The van der Waals surface area contributed by atoms with E-state index in [1.54, 1.807) is 7.11 Å². The number of methoxy groups -OCH3 is 1. The van der Waals surface area contributed by atoms with Crippen LogP contribution in [0.3, 0.4) is 0 Å². The Balaban J connectivity index is 2.03. The normalized spacial score (nSPS) is 14.6. The number of nitrogens with one attached hydrogen (secondary N) is 1. The van der Waals surface area contributed by atoms with Crippen molar-refractivity contribution in [3.05, 3.63) is 29.3 Å². The molecule has 0 unspecified atom stereocenters. The first-order chi connectivity index (χ1) is 8.19. The molecular weight excluding hydrogens is 218 g/mol. The van der Waals surface area contributed by atoms with Gasteiger partial charge in [0.15, 0.2) is 0 Å². The maximum absolute atomic E-state index is 10.8. The van der Waals surface area contributed by atoms with Crippen molar-refractivity contribution < 1.29 is 9.53 Å². The van der Waals surface area contributed by atoms with Gasteiger partial charge >= 0.3 is 6.03 Å². The molecule has 2 rings (SSSR count). The second-order valence-corrected chi connectivity index (χ2v) is 4.18. The first kappa shape index (κ1) is 11.9. The fourth-order valence-electron chi connectivity index (χ4n) is 2.06. The summed E-state index contributed by atoms with van der Waals surface area (Å²) in [7, 11) is 1.71. The molecule has 1 aromatic rings. The number of anilines is 1. The van der Waals surface area contributed by atoms with E-state index in [-0.39, 0.29) is 0 Å². The number of ether oxygens (including phenoxy) is 1.